The number of carbonyl (C=O) groups excluding carboxylic acids is 2. The average molecular weight is 278 g/mol. The van der Waals surface area contributed by atoms with Crippen LogP contribution in [0.25, 0.3) is 0 Å². The first kappa shape index (κ1) is 14.7. The summed E-state index contributed by atoms with van der Waals surface area (Å²) in [6.45, 7) is 2.01. The molecule has 8 heteroatoms. The van der Waals surface area contributed by atoms with Gasteiger partial charge in [-0.1, -0.05) is 0 Å². The Morgan fingerprint density at radius 3 is 2.56 bits per heavy atom. The third kappa shape index (κ3) is 3.86. The van der Waals surface area contributed by atoms with Crippen molar-refractivity contribution >= 4 is 21.8 Å². The molecule has 2 amide bonds. The molecule has 1 unspecified atom stereocenters. The lowest BCUT2D eigenvalue weighted by Gasteiger charge is -2.26. The van der Waals surface area contributed by atoms with Crippen LogP contribution in [0.1, 0.15) is 13.3 Å². The van der Waals surface area contributed by atoms with Crippen molar-refractivity contribution in [1.82, 2.24) is 10.2 Å². The zero-order chi connectivity index (χ0) is 13.8. The van der Waals surface area contributed by atoms with E-state index >= 15 is 0 Å². The number of amides is 2. The Hall–Kier alpha value is -1.31. The number of nitrogens with zero attached hydrogens (tertiary/aromatic N) is 1. The highest BCUT2D eigenvalue weighted by Gasteiger charge is 2.33. The van der Waals surface area contributed by atoms with Crippen LogP contribution in [0.3, 0.4) is 0 Å². The van der Waals surface area contributed by atoms with Crippen molar-refractivity contribution in [3.8, 4) is 0 Å². The molecule has 1 atom stereocenters. The van der Waals surface area contributed by atoms with E-state index in [0.717, 1.165) is 0 Å². The highest BCUT2D eigenvalue weighted by molar-refractivity contribution is 7.91. The molecule has 7 nitrogen and oxygen atoms in total. The van der Waals surface area contributed by atoms with Gasteiger partial charge in [-0.15, -0.1) is 0 Å². The summed E-state index contributed by atoms with van der Waals surface area (Å²) >= 11 is 0. The lowest BCUT2D eigenvalue weighted by Crippen LogP contribution is -2.46. The highest BCUT2D eigenvalue weighted by Crippen LogP contribution is 2.17. The topological polar surface area (TPSA) is 92.8 Å². The maximum absolute atomic E-state index is 11.9. The molecule has 1 heterocycles. The second-order valence-electron chi connectivity index (χ2n) is 4.08. The summed E-state index contributed by atoms with van der Waals surface area (Å²) in [4.78, 5) is 24.2. The average Bonchev–Trinajstić information content (AvgIpc) is 2.67. The summed E-state index contributed by atoms with van der Waals surface area (Å²) in [5.41, 5.74) is 0. The van der Waals surface area contributed by atoms with Crippen molar-refractivity contribution < 1.29 is 22.7 Å². The van der Waals surface area contributed by atoms with Gasteiger partial charge in [0.1, 0.15) is 6.54 Å². The number of nitrogens with one attached hydrogen (secondary N) is 1. The van der Waals surface area contributed by atoms with E-state index in [2.05, 4.69) is 10.1 Å². The fraction of sp³-hybridized carbons (Fsp3) is 0.800. The smallest absolute Gasteiger partial charge is 0.407 e. The number of sulfone groups is 1. The molecule has 0 spiro atoms. The van der Waals surface area contributed by atoms with E-state index in [0.29, 0.717) is 13.0 Å². The number of rotatable bonds is 4. The first-order valence-electron chi connectivity index (χ1n) is 5.71. The Morgan fingerprint density at radius 1 is 1.44 bits per heavy atom. The van der Waals surface area contributed by atoms with E-state index in [1.54, 1.807) is 6.92 Å². The standard InChI is InChI=1S/C10H18N2O5S/c1-3-12(8-4-5-18(15,16)7-8)9(13)6-11-10(14)17-2/h8H,3-7H2,1-2H3,(H,11,14). The Kier molecular flexibility index (Phi) is 4.94. The van der Waals surface area contributed by atoms with Gasteiger partial charge < -0.3 is 15.0 Å². The fourth-order valence-corrected chi connectivity index (χ4v) is 3.71. The summed E-state index contributed by atoms with van der Waals surface area (Å²) in [6.07, 6.45) is -0.224. The predicted molar refractivity (Wildman–Crippen MR) is 64.9 cm³/mol. The second kappa shape index (κ2) is 6.03. The minimum Gasteiger partial charge on any atom is -0.453 e. The zero-order valence-electron chi connectivity index (χ0n) is 10.5. The SMILES string of the molecule is CCN(C(=O)CNC(=O)OC)C1CCS(=O)(=O)C1. The molecule has 0 aromatic rings. The van der Waals surface area contributed by atoms with Gasteiger partial charge in [0.25, 0.3) is 0 Å². The molecule has 0 aliphatic carbocycles. The van der Waals surface area contributed by atoms with Crippen molar-refractivity contribution in [3.05, 3.63) is 0 Å². The van der Waals surface area contributed by atoms with E-state index in [1.807, 2.05) is 0 Å². The van der Waals surface area contributed by atoms with Gasteiger partial charge in [0.15, 0.2) is 9.84 Å². The van der Waals surface area contributed by atoms with Crippen LogP contribution in [0.4, 0.5) is 4.79 Å². The molecule has 1 fully saturated rings. The summed E-state index contributed by atoms with van der Waals surface area (Å²) in [6, 6.07) is -0.285. The lowest BCUT2D eigenvalue weighted by molar-refractivity contribution is -0.131. The maximum atomic E-state index is 11.9. The minimum absolute atomic E-state index is 0.00477. The first-order chi connectivity index (χ1) is 8.39. The quantitative estimate of drug-likeness (QED) is 0.739. The number of methoxy groups -OCH3 is 1. The van der Waals surface area contributed by atoms with Gasteiger partial charge in [0.2, 0.25) is 5.91 Å². The van der Waals surface area contributed by atoms with Crippen molar-refractivity contribution in [3.63, 3.8) is 0 Å². The molecule has 1 N–H and O–H groups in total. The van der Waals surface area contributed by atoms with Gasteiger partial charge in [-0.3, -0.25) is 4.79 Å². The predicted octanol–water partition coefficient (Wildman–Crippen LogP) is -0.622. The molecule has 18 heavy (non-hydrogen) atoms. The van der Waals surface area contributed by atoms with Crippen LogP contribution in [0.2, 0.25) is 0 Å². The molecule has 104 valence electrons. The Morgan fingerprint density at radius 2 is 2.11 bits per heavy atom. The lowest BCUT2D eigenvalue weighted by atomic mass is 10.2. The van der Waals surface area contributed by atoms with Crippen LogP contribution < -0.4 is 5.32 Å². The van der Waals surface area contributed by atoms with Crippen LogP contribution in [-0.4, -0.2) is 63.1 Å². The Balaban J connectivity index is 2.56. The van der Waals surface area contributed by atoms with Crippen LogP contribution in [0.15, 0.2) is 0 Å². The summed E-state index contributed by atoms with van der Waals surface area (Å²) in [7, 11) is -1.82. The van der Waals surface area contributed by atoms with Gasteiger partial charge in [-0.25, -0.2) is 13.2 Å². The number of alkyl carbamates (subject to hydrolysis) is 1. The van der Waals surface area contributed by atoms with Crippen molar-refractivity contribution in [2.75, 3.05) is 31.7 Å². The molecular formula is C10H18N2O5S. The number of hydrogen-bond acceptors (Lipinski definition) is 5. The zero-order valence-corrected chi connectivity index (χ0v) is 11.3. The van der Waals surface area contributed by atoms with Crippen molar-refractivity contribution in [2.45, 2.75) is 19.4 Å². The van der Waals surface area contributed by atoms with Crippen molar-refractivity contribution in [1.29, 1.82) is 0 Å². The first-order valence-corrected chi connectivity index (χ1v) is 7.53. The van der Waals surface area contributed by atoms with Gasteiger partial charge in [-0.05, 0) is 13.3 Å². The van der Waals surface area contributed by atoms with Gasteiger partial charge in [-0.2, -0.15) is 0 Å². The molecular weight excluding hydrogens is 260 g/mol. The molecule has 0 saturated carbocycles. The third-order valence-electron chi connectivity index (χ3n) is 2.88. The molecule has 0 bridgehead atoms. The van der Waals surface area contributed by atoms with Crippen molar-refractivity contribution in [2.24, 2.45) is 0 Å². The van der Waals surface area contributed by atoms with Crippen LogP contribution in [0, 0.1) is 0 Å². The van der Waals surface area contributed by atoms with Gasteiger partial charge >= 0.3 is 6.09 Å². The molecule has 0 aromatic carbocycles. The Bertz CT molecular complexity index is 420. The molecule has 1 saturated heterocycles. The number of hydrogen-bond donors (Lipinski definition) is 1. The second-order valence-corrected chi connectivity index (χ2v) is 6.31. The largest absolute Gasteiger partial charge is 0.453 e. The summed E-state index contributed by atoms with van der Waals surface area (Å²) in [5, 5.41) is 2.29. The van der Waals surface area contributed by atoms with E-state index < -0.39 is 15.9 Å². The normalized spacial score (nSPS) is 21.3. The van der Waals surface area contributed by atoms with Gasteiger partial charge in [0, 0.05) is 12.6 Å². The third-order valence-corrected chi connectivity index (χ3v) is 4.63. The molecule has 0 aromatic heterocycles. The maximum Gasteiger partial charge on any atom is 0.407 e. The Labute approximate surface area is 106 Å². The van der Waals surface area contributed by atoms with E-state index in [4.69, 9.17) is 0 Å². The number of carbonyl (C=O) groups is 2. The van der Waals surface area contributed by atoms with E-state index in [9.17, 15) is 18.0 Å². The monoisotopic (exact) mass is 278 g/mol. The molecule has 1 rings (SSSR count). The fourth-order valence-electron chi connectivity index (χ4n) is 1.98. The minimum atomic E-state index is -3.03. The van der Waals surface area contributed by atoms with E-state index in [-0.39, 0.29) is 30.0 Å². The summed E-state index contributed by atoms with van der Waals surface area (Å²) < 4.78 is 27.1. The molecule has 1 aliphatic heterocycles. The van der Waals surface area contributed by atoms with E-state index in [1.165, 1.54) is 12.0 Å². The summed E-state index contributed by atoms with van der Waals surface area (Å²) in [5.74, 6) is -0.179. The van der Waals surface area contributed by atoms with Crippen LogP contribution in [0.5, 0.6) is 0 Å². The highest BCUT2D eigenvalue weighted by atomic mass is 32.2. The van der Waals surface area contributed by atoms with Crippen LogP contribution in [-0.2, 0) is 19.4 Å². The van der Waals surface area contributed by atoms with Gasteiger partial charge in [0.05, 0.1) is 18.6 Å². The number of likely N-dealkylation sites (N-methyl/N-ethyl adjacent to an activating group) is 1. The number of ether oxygens (including phenoxy) is 1. The van der Waals surface area contributed by atoms with Crippen LogP contribution >= 0.6 is 0 Å². The molecule has 0 radical (unpaired) electrons. The molecule has 1 aliphatic rings.